The predicted octanol–water partition coefficient (Wildman–Crippen LogP) is 3.40. The number of benzene rings is 1. The Morgan fingerprint density at radius 2 is 2.10 bits per heavy atom. The number of halogens is 1. The van der Waals surface area contributed by atoms with Crippen molar-refractivity contribution in [2.75, 3.05) is 18.0 Å². The van der Waals surface area contributed by atoms with Crippen molar-refractivity contribution >= 4 is 34.7 Å². The molecule has 0 saturated carbocycles. The summed E-state index contributed by atoms with van der Waals surface area (Å²) in [6.45, 7) is 2.82. The molecule has 0 radical (unpaired) electrons. The number of aliphatic hydroxyl groups is 1. The van der Waals surface area contributed by atoms with Gasteiger partial charge in [-0.2, -0.15) is 0 Å². The number of aliphatic hydroxyl groups excluding tert-OH is 1. The van der Waals surface area contributed by atoms with Crippen LogP contribution in [0.3, 0.4) is 0 Å². The quantitative estimate of drug-likeness (QED) is 0.665. The van der Waals surface area contributed by atoms with Gasteiger partial charge in [-0.15, -0.1) is 11.3 Å². The zero-order valence-electron chi connectivity index (χ0n) is 15.9. The summed E-state index contributed by atoms with van der Waals surface area (Å²) in [4.78, 5) is 24.1. The van der Waals surface area contributed by atoms with Crippen molar-refractivity contribution in [2.24, 2.45) is 0 Å². The summed E-state index contributed by atoms with van der Waals surface area (Å²) in [6.07, 6.45) is 3.06. The molecule has 0 unspecified atom stereocenters. The number of nitrogens with zero attached hydrogens (tertiary/aromatic N) is 3. The monoisotopic (exact) mass is 428 g/mol. The number of aromatic nitrogens is 2. The van der Waals surface area contributed by atoms with E-state index < -0.39 is 11.6 Å². The number of carbonyl (C=O) groups excluding carboxylic acids is 1. The number of thiophene rings is 1. The highest BCUT2D eigenvalue weighted by atomic mass is 35.5. The first-order valence-electron chi connectivity index (χ1n) is 9.32. The Balaban J connectivity index is 1.65. The number of β-amino-alcohol motifs (C(OH)–C–C–N with tert-alkyl or cyclic N) is 1. The van der Waals surface area contributed by atoms with Gasteiger partial charge >= 0.3 is 0 Å². The van der Waals surface area contributed by atoms with E-state index in [-0.39, 0.29) is 5.91 Å². The lowest BCUT2D eigenvalue weighted by Gasteiger charge is -2.46. The third-order valence-corrected chi connectivity index (χ3v) is 6.59. The lowest BCUT2D eigenvalue weighted by atomic mass is 9.78. The fourth-order valence-electron chi connectivity index (χ4n) is 3.75. The average molecular weight is 429 g/mol. The Kier molecular flexibility index (Phi) is 5.54. The summed E-state index contributed by atoms with van der Waals surface area (Å²) in [5.74, 6) is 0.440. The molecule has 29 heavy (non-hydrogen) atoms. The number of hydrogen-bond acceptors (Lipinski definition) is 6. The Bertz CT molecular complexity index is 1010. The van der Waals surface area contributed by atoms with Crippen LogP contribution in [0.5, 0.6) is 0 Å². The number of anilines is 1. The van der Waals surface area contributed by atoms with Crippen LogP contribution in [0.15, 0.2) is 54.2 Å². The van der Waals surface area contributed by atoms with Crippen molar-refractivity contribution in [1.82, 2.24) is 15.3 Å². The molecule has 4 rings (SSSR count). The van der Waals surface area contributed by atoms with Crippen molar-refractivity contribution in [1.29, 1.82) is 0 Å². The van der Waals surface area contributed by atoms with E-state index in [2.05, 4.69) is 15.3 Å². The molecular formula is C21H21ClN4O2S. The maximum absolute atomic E-state index is 13.0. The van der Waals surface area contributed by atoms with Crippen molar-refractivity contribution in [3.05, 3.63) is 75.3 Å². The van der Waals surface area contributed by atoms with E-state index >= 15 is 0 Å². The van der Waals surface area contributed by atoms with Crippen LogP contribution >= 0.6 is 22.9 Å². The third-order valence-electron chi connectivity index (χ3n) is 5.25. The fraction of sp³-hybridized carbons (Fsp3) is 0.286. The molecule has 8 heteroatoms. The minimum absolute atomic E-state index is 0.281. The van der Waals surface area contributed by atoms with Gasteiger partial charge in [-0.1, -0.05) is 41.9 Å². The van der Waals surface area contributed by atoms with Crippen LogP contribution in [0.4, 0.5) is 5.82 Å². The molecule has 1 fully saturated rings. The Hall–Kier alpha value is -2.48. The van der Waals surface area contributed by atoms with E-state index in [1.807, 2.05) is 42.2 Å². The average Bonchev–Trinajstić information content (AvgIpc) is 3.16. The summed E-state index contributed by atoms with van der Waals surface area (Å²) >= 11 is 7.45. The van der Waals surface area contributed by atoms with Crippen LogP contribution in [-0.4, -0.2) is 40.2 Å². The Labute approximate surface area is 178 Å². The highest BCUT2D eigenvalue weighted by Gasteiger charge is 2.45. The van der Waals surface area contributed by atoms with E-state index in [0.717, 1.165) is 17.1 Å². The summed E-state index contributed by atoms with van der Waals surface area (Å²) in [7, 11) is 0. The molecule has 150 valence electrons. The van der Waals surface area contributed by atoms with Crippen LogP contribution in [0.25, 0.3) is 0 Å². The molecule has 1 aliphatic heterocycles. The van der Waals surface area contributed by atoms with Gasteiger partial charge in [0.25, 0.3) is 5.91 Å². The van der Waals surface area contributed by atoms with Crippen LogP contribution < -0.4 is 10.2 Å². The van der Waals surface area contributed by atoms with Gasteiger partial charge in [-0.3, -0.25) is 9.78 Å². The molecule has 1 saturated heterocycles. The van der Waals surface area contributed by atoms with Gasteiger partial charge < -0.3 is 15.3 Å². The van der Waals surface area contributed by atoms with Crippen LogP contribution in [0.2, 0.25) is 5.02 Å². The second-order valence-electron chi connectivity index (χ2n) is 7.12. The summed E-state index contributed by atoms with van der Waals surface area (Å²) < 4.78 is 0. The van der Waals surface area contributed by atoms with Crippen LogP contribution in [0.1, 0.15) is 27.3 Å². The van der Waals surface area contributed by atoms with Crippen LogP contribution in [0, 0.1) is 6.92 Å². The summed E-state index contributed by atoms with van der Waals surface area (Å²) in [5, 5.41) is 16.5. The first-order chi connectivity index (χ1) is 14.0. The number of nitrogens with one attached hydrogen (secondary N) is 1. The number of piperidine rings is 1. The smallest absolute Gasteiger partial charge is 0.263 e. The second kappa shape index (κ2) is 8.10. The number of carbonyl (C=O) groups is 1. The van der Waals surface area contributed by atoms with Crippen molar-refractivity contribution in [3.63, 3.8) is 0 Å². The first kappa shape index (κ1) is 19.8. The third kappa shape index (κ3) is 3.85. The van der Waals surface area contributed by atoms with E-state index in [4.69, 9.17) is 11.6 Å². The largest absolute Gasteiger partial charge is 0.388 e. The van der Waals surface area contributed by atoms with Crippen molar-refractivity contribution in [2.45, 2.75) is 25.0 Å². The predicted molar refractivity (Wildman–Crippen MR) is 115 cm³/mol. The minimum atomic E-state index is -0.917. The van der Waals surface area contributed by atoms with E-state index in [0.29, 0.717) is 29.4 Å². The Morgan fingerprint density at radius 3 is 2.76 bits per heavy atom. The number of hydrogen-bond donors (Lipinski definition) is 2. The van der Waals surface area contributed by atoms with Crippen molar-refractivity contribution < 1.29 is 9.90 Å². The van der Waals surface area contributed by atoms with Gasteiger partial charge in [-0.05, 0) is 30.4 Å². The van der Waals surface area contributed by atoms with E-state index in [1.54, 1.807) is 23.8 Å². The maximum atomic E-state index is 13.0. The molecule has 1 amide bonds. The molecule has 1 aromatic carbocycles. The minimum Gasteiger partial charge on any atom is -0.388 e. The van der Waals surface area contributed by atoms with Crippen LogP contribution in [-0.2, 0) is 5.54 Å². The molecule has 1 aliphatic rings. The fourth-order valence-corrected chi connectivity index (χ4v) is 4.79. The van der Waals surface area contributed by atoms with Gasteiger partial charge in [0.2, 0.25) is 0 Å². The van der Waals surface area contributed by atoms with Gasteiger partial charge in [0, 0.05) is 19.3 Å². The highest BCUT2D eigenvalue weighted by Crippen LogP contribution is 2.36. The summed E-state index contributed by atoms with van der Waals surface area (Å²) in [6, 6.07) is 11.3. The lowest BCUT2D eigenvalue weighted by Crippen LogP contribution is -2.62. The highest BCUT2D eigenvalue weighted by molar-refractivity contribution is 7.12. The number of aryl methyl sites for hydroxylation is 1. The molecule has 6 nitrogen and oxygen atoms in total. The molecule has 2 atom stereocenters. The molecular weight excluding hydrogens is 408 g/mol. The van der Waals surface area contributed by atoms with E-state index in [1.165, 1.54) is 11.3 Å². The van der Waals surface area contributed by atoms with Gasteiger partial charge in [0.1, 0.15) is 10.7 Å². The number of rotatable bonds is 4. The zero-order valence-corrected chi connectivity index (χ0v) is 17.5. The topological polar surface area (TPSA) is 78.4 Å². The SMILES string of the molecule is Cc1cncc(N2CC[C@@](NC(=O)c3sccc3Cl)(c3ccccc3)[C@H](O)C2)n1. The molecule has 3 aromatic rings. The molecule has 2 aromatic heterocycles. The molecule has 0 spiro atoms. The standard InChI is InChI=1S/C21H21ClN4O2S/c1-14-11-23-12-18(24-14)26-9-8-21(17(27)13-26,15-5-3-2-4-6-15)25-20(28)19-16(22)7-10-29-19/h2-7,10-12,17,27H,8-9,13H2,1H3,(H,25,28)/t17-,21-/m1/s1. The summed E-state index contributed by atoms with van der Waals surface area (Å²) in [5.41, 5.74) is 0.764. The molecule has 2 N–H and O–H groups in total. The van der Waals surface area contributed by atoms with E-state index in [9.17, 15) is 9.90 Å². The van der Waals surface area contributed by atoms with Crippen molar-refractivity contribution in [3.8, 4) is 0 Å². The first-order valence-corrected chi connectivity index (χ1v) is 10.6. The number of amides is 1. The molecule has 3 heterocycles. The van der Waals surface area contributed by atoms with Gasteiger partial charge in [-0.25, -0.2) is 4.98 Å². The Morgan fingerprint density at radius 1 is 1.31 bits per heavy atom. The second-order valence-corrected chi connectivity index (χ2v) is 8.44. The zero-order chi connectivity index (χ0) is 20.4. The van der Waals surface area contributed by atoms with Gasteiger partial charge in [0.15, 0.2) is 0 Å². The normalized spacial score (nSPS) is 21.8. The maximum Gasteiger partial charge on any atom is 0.263 e. The lowest BCUT2D eigenvalue weighted by molar-refractivity contribution is 0.0366. The van der Waals surface area contributed by atoms with Gasteiger partial charge in [0.05, 0.1) is 28.6 Å². The molecule has 0 bridgehead atoms. The molecule has 0 aliphatic carbocycles.